The number of benzene rings is 1. The number of hydrogen-bond acceptors (Lipinski definition) is 1. The highest BCUT2D eigenvalue weighted by Gasteiger charge is 2.01. The molecule has 0 unspecified atom stereocenters. The molecule has 1 N–H and O–H groups in total. The van der Waals surface area contributed by atoms with E-state index in [1.54, 1.807) is 0 Å². The highest BCUT2D eigenvalue weighted by molar-refractivity contribution is 5.77. The van der Waals surface area contributed by atoms with Crippen molar-refractivity contribution in [2.75, 3.05) is 0 Å². The first-order valence-corrected chi connectivity index (χ1v) is 3.22. The fraction of sp³-hybridized carbons (Fsp3) is 0. The van der Waals surface area contributed by atoms with Crippen LogP contribution in [0.3, 0.4) is 0 Å². The van der Waals surface area contributed by atoms with Crippen LogP contribution in [0.5, 0.6) is 0 Å². The molecule has 0 atom stereocenters. The first-order chi connectivity index (χ1) is 5.40. The van der Waals surface area contributed by atoms with Crippen molar-refractivity contribution in [3.8, 4) is 0 Å². The van der Waals surface area contributed by atoms with Crippen LogP contribution in [-0.4, -0.2) is 9.97 Å². The third-order valence-electron chi connectivity index (χ3n) is 1.48. The second-order valence-corrected chi connectivity index (χ2v) is 2.19. The van der Waals surface area contributed by atoms with E-state index in [1.165, 1.54) is 0 Å². The summed E-state index contributed by atoms with van der Waals surface area (Å²) in [7, 11) is 0. The summed E-state index contributed by atoms with van der Waals surface area (Å²) in [6.45, 7) is 6.71. The number of aromatic amines is 1. The number of H-pyrrole nitrogens is 1. The maximum atomic E-state index is 6.71. The molecule has 0 saturated carbocycles. The third kappa shape index (κ3) is 0.849. The van der Waals surface area contributed by atoms with E-state index in [9.17, 15) is 0 Å². The van der Waals surface area contributed by atoms with Crippen LogP contribution in [0.25, 0.3) is 15.9 Å². The molecular weight excluding hydrogens is 138 g/mol. The van der Waals surface area contributed by atoms with Crippen molar-refractivity contribution >= 4 is 17.0 Å². The lowest BCUT2D eigenvalue weighted by molar-refractivity contribution is 1.38. The van der Waals surface area contributed by atoms with Gasteiger partial charge in [0.2, 0.25) is 0 Å². The van der Waals surface area contributed by atoms with Gasteiger partial charge in [-0.15, -0.1) is 11.6 Å². The van der Waals surface area contributed by atoms with Crippen LogP contribution < -0.4 is 0 Å². The van der Waals surface area contributed by atoms with Crippen molar-refractivity contribution in [2.45, 2.75) is 0 Å². The van der Waals surface area contributed by atoms with Crippen LogP contribution in [0.4, 0.5) is 5.95 Å². The zero-order valence-electron chi connectivity index (χ0n) is 5.70. The molecule has 0 saturated heterocycles. The number of para-hydroxylation sites is 2. The first kappa shape index (κ1) is 5.93. The number of fused-ring (bicyclic) bond motifs is 1. The predicted molar refractivity (Wildman–Crippen MR) is 42.4 cm³/mol. The van der Waals surface area contributed by atoms with Gasteiger partial charge in [-0.2, -0.15) is 0 Å². The Morgan fingerprint density at radius 3 is 2.91 bits per heavy atom. The highest BCUT2D eigenvalue weighted by Crippen LogP contribution is 2.14. The Bertz CT molecular complexity index is 389. The van der Waals surface area contributed by atoms with Gasteiger partial charge in [0.25, 0.3) is 0 Å². The van der Waals surface area contributed by atoms with E-state index in [-0.39, 0.29) is 0 Å². The Hall–Kier alpha value is -1.82. The fourth-order valence-corrected chi connectivity index (χ4v) is 0.992. The number of nitrogens with zero attached hydrogens (tertiary/aromatic N) is 2. The van der Waals surface area contributed by atoms with Crippen molar-refractivity contribution in [1.29, 1.82) is 0 Å². The van der Waals surface area contributed by atoms with E-state index in [2.05, 4.69) is 14.8 Å². The molecule has 0 spiro atoms. The number of nitrogens with one attached hydrogen (secondary N) is 1. The van der Waals surface area contributed by atoms with Crippen molar-refractivity contribution in [3.05, 3.63) is 35.7 Å². The van der Waals surface area contributed by atoms with Crippen LogP contribution in [0.2, 0.25) is 0 Å². The van der Waals surface area contributed by atoms with Gasteiger partial charge in [0, 0.05) is 0 Å². The second kappa shape index (κ2) is 2.10. The van der Waals surface area contributed by atoms with Gasteiger partial charge in [-0.25, -0.2) is 0 Å². The zero-order chi connectivity index (χ0) is 7.68. The molecule has 0 fully saturated rings. The summed E-state index contributed by atoms with van der Waals surface area (Å²) in [4.78, 5) is 10.1. The van der Waals surface area contributed by atoms with E-state index in [0.29, 0.717) is 5.95 Å². The summed E-state index contributed by atoms with van der Waals surface area (Å²) < 4.78 is 0. The predicted octanol–water partition coefficient (Wildman–Crippen LogP) is 2.11. The molecule has 0 aliphatic rings. The Labute approximate surface area is 63.5 Å². The standard InChI is InChI=1S/C8H5N3/c1-9-8-10-6-4-2-3-5-7(6)11-8/h2-5H,(H,10,11). The van der Waals surface area contributed by atoms with Crippen LogP contribution in [0.1, 0.15) is 0 Å². The maximum Gasteiger partial charge on any atom is 0.337 e. The molecule has 0 amide bonds. The Kier molecular flexibility index (Phi) is 1.13. The summed E-state index contributed by atoms with van der Waals surface area (Å²) in [6.07, 6.45) is 0. The second-order valence-electron chi connectivity index (χ2n) is 2.19. The van der Waals surface area contributed by atoms with E-state index in [4.69, 9.17) is 6.57 Å². The number of aromatic nitrogens is 2. The summed E-state index contributed by atoms with van der Waals surface area (Å²) >= 11 is 0. The maximum absolute atomic E-state index is 6.71. The Morgan fingerprint density at radius 1 is 1.36 bits per heavy atom. The molecule has 0 bridgehead atoms. The molecule has 3 nitrogen and oxygen atoms in total. The van der Waals surface area contributed by atoms with E-state index in [0.717, 1.165) is 11.0 Å². The average Bonchev–Trinajstić information content (AvgIpc) is 2.46. The van der Waals surface area contributed by atoms with Crippen molar-refractivity contribution < 1.29 is 0 Å². The summed E-state index contributed by atoms with van der Waals surface area (Å²) in [5, 5.41) is 0. The molecule has 0 aliphatic carbocycles. The minimum Gasteiger partial charge on any atom is -0.397 e. The van der Waals surface area contributed by atoms with Gasteiger partial charge in [0.1, 0.15) is 5.52 Å². The fourth-order valence-electron chi connectivity index (χ4n) is 0.992. The first-order valence-electron chi connectivity index (χ1n) is 3.22. The van der Waals surface area contributed by atoms with Crippen LogP contribution in [-0.2, 0) is 0 Å². The van der Waals surface area contributed by atoms with Gasteiger partial charge < -0.3 is 9.83 Å². The van der Waals surface area contributed by atoms with Gasteiger partial charge in [-0.05, 0) is 12.1 Å². The highest BCUT2D eigenvalue weighted by atomic mass is 15.0. The normalized spacial score (nSPS) is 9.73. The Balaban J connectivity index is 2.81. The topological polar surface area (TPSA) is 33.0 Å². The monoisotopic (exact) mass is 143 g/mol. The molecule has 0 radical (unpaired) electrons. The molecule has 1 aromatic carbocycles. The van der Waals surface area contributed by atoms with E-state index >= 15 is 0 Å². The number of imidazole rings is 1. The molecule has 1 aromatic heterocycles. The minimum absolute atomic E-state index is 0.353. The average molecular weight is 143 g/mol. The van der Waals surface area contributed by atoms with Gasteiger partial charge in [0.05, 0.1) is 0 Å². The summed E-state index contributed by atoms with van der Waals surface area (Å²) in [5.41, 5.74) is 1.76. The van der Waals surface area contributed by atoms with Gasteiger partial charge >= 0.3 is 5.95 Å². The van der Waals surface area contributed by atoms with Crippen molar-refractivity contribution in [3.63, 3.8) is 0 Å². The van der Waals surface area contributed by atoms with Crippen LogP contribution in [0, 0.1) is 6.57 Å². The lowest BCUT2D eigenvalue weighted by atomic mass is 10.3. The lowest BCUT2D eigenvalue weighted by Crippen LogP contribution is -1.63. The lowest BCUT2D eigenvalue weighted by Gasteiger charge is -1.77. The van der Waals surface area contributed by atoms with Crippen LogP contribution >= 0.6 is 0 Å². The van der Waals surface area contributed by atoms with Crippen LogP contribution in [0.15, 0.2) is 24.3 Å². The Morgan fingerprint density at radius 2 is 2.18 bits per heavy atom. The SMILES string of the molecule is [C-]#[N+]c1nc2ccccc2[nH]1. The quantitative estimate of drug-likeness (QED) is 0.563. The minimum atomic E-state index is 0.353. The molecular formula is C8H5N3. The van der Waals surface area contributed by atoms with Gasteiger partial charge in [-0.1, -0.05) is 12.1 Å². The molecule has 11 heavy (non-hydrogen) atoms. The summed E-state index contributed by atoms with van der Waals surface area (Å²) in [6, 6.07) is 7.59. The molecule has 3 heteroatoms. The molecule has 2 aromatic rings. The molecule has 52 valence electrons. The summed E-state index contributed by atoms with van der Waals surface area (Å²) in [5.74, 6) is 0.353. The van der Waals surface area contributed by atoms with Gasteiger partial charge in [-0.3, -0.25) is 0 Å². The van der Waals surface area contributed by atoms with Crippen molar-refractivity contribution in [2.24, 2.45) is 0 Å². The van der Waals surface area contributed by atoms with Crippen molar-refractivity contribution in [1.82, 2.24) is 9.97 Å². The smallest absolute Gasteiger partial charge is 0.337 e. The van der Waals surface area contributed by atoms with E-state index < -0.39 is 0 Å². The molecule has 0 aliphatic heterocycles. The largest absolute Gasteiger partial charge is 0.397 e. The zero-order valence-corrected chi connectivity index (χ0v) is 5.70. The molecule has 1 heterocycles. The van der Waals surface area contributed by atoms with Gasteiger partial charge in [0.15, 0.2) is 5.52 Å². The third-order valence-corrected chi connectivity index (χ3v) is 1.48. The molecule has 2 rings (SSSR count). The number of hydrogen-bond donors (Lipinski definition) is 1. The number of rotatable bonds is 0. The van der Waals surface area contributed by atoms with E-state index in [1.807, 2.05) is 24.3 Å².